The number of nitrogens with one attached hydrogen (secondary N) is 1. The van der Waals surface area contributed by atoms with Gasteiger partial charge in [0.25, 0.3) is 0 Å². The van der Waals surface area contributed by atoms with E-state index in [9.17, 15) is 4.79 Å². The van der Waals surface area contributed by atoms with Gasteiger partial charge in [0, 0.05) is 0 Å². The molecule has 0 aliphatic heterocycles. The van der Waals surface area contributed by atoms with E-state index in [0.29, 0.717) is 16.9 Å². The summed E-state index contributed by atoms with van der Waals surface area (Å²) >= 11 is 0. The monoisotopic (exact) mass is 217 g/mol. The molecule has 0 bridgehead atoms. The molecule has 0 aliphatic carbocycles. The Kier molecular flexibility index (Phi) is 2.59. The van der Waals surface area contributed by atoms with Crippen molar-refractivity contribution in [3.05, 3.63) is 41.6 Å². The van der Waals surface area contributed by atoms with E-state index in [1.807, 2.05) is 0 Å². The number of ketones is 1. The Balaban J connectivity index is 2.46. The molecular weight excluding hydrogens is 206 g/mol. The first kappa shape index (κ1) is 10.2. The second kappa shape index (κ2) is 4.06. The topological polar surface area (TPSA) is 81.0 Å². The van der Waals surface area contributed by atoms with E-state index in [4.69, 9.17) is 10.5 Å². The van der Waals surface area contributed by atoms with Gasteiger partial charge in [-0.05, 0) is 12.1 Å². The van der Waals surface area contributed by atoms with Crippen molar-refractivity contribution in [2.75, 3.05) is 12.8 Å². The fourth-order valence-corrected chi connectivity index (χ4v) is 1.45. The summed E-state index contributed by atoms with van der Waals surface area (Å²) in [4.78, 5) is 12.1. The molecule has 0 fully saturated rings. The van der Waals surface area contributed by atoms with Crippen molar-refractivity contribution in [2.45, 2.75) is 0 Å². The fraction of sp³-hybridized carbons (Fsp3) is 0.0909. The van der Waals surface area contributed by atoms with Crippen LogP contribution in [0.2, 0.25) is 0 Å². The zero-order valence-corrected chi connectivity index (χ0v) is 8.73. The van der Waals surface area contributed by atoms with Gasteiger partial charge in [0.15, 0.2) is 0 Å². The van der Waals surface area contributed by atoms with E-state index in [1.54, 1.807) is 24.3 Å². The lowest BCUT2D eigenvalue weighted by Gasteiger charge is -2.05. The van der Waals surface area contributed by atoms with Crippen LogP contribution < -0.4 is 10.5 Å². The standard InChI is InChI=1S/C11H11N3O2/c1-16-9-5-3-2-4-7(9)10(15)8-6-13-14-11(8)12/h2-6H,1H3,(H3,12,13,14). The summed E-state index contributed by atoms with van der Waals surface area (Å²) in [5.74, 6) is 0.577. The van der Waals surface area contributed by atoms with Crippen LogP contribution in [0.25, 0.3) is 0 Å². The number of aromatic nitrogens is 2. The second-order valence-corrected chi connectivity index (χ2v) is 3.23. The Labute approximate surface area is 92.2 Å². The SMILES string of the molecule is COc1ccccc1C(=O)c1cn[nH]c1N. The van der Waals surface area contributed by atoms with Crippen LogP contribution in [0, 0.1) is 0 Å². The van der Waals surface area contributed by atoms with Crippen molar-refractivity contribution in [3.63, 3.8) is 0 Å². The molecule has 1 aromatic carbocycles. The number of nitrogen functional groups attached to an aromatic ring is 1. The molecule has 5 heteroatoms. The van der Waals surface area contributed by atoms with Crippen LogP contribution in [0.1, 0.15) is 15.9 Å². The first-order chi connectivity index (χ1) is 7.74. The minimum Gasteiger partial charge on any atom is -0.496 e. The lowest BCUT2D eigenvalue weighted by Crippen LogP contribution is -2.05. The molecule has 2 rings (SSSR count). The van der Waals surface area contributed by atoms with Gasteiger partial charge in [0.1, 0.15) is 11.6 Å². The van der Waals surface area contributed by atoms with Gasteiger partial charge in [-0.2, -0.15) is 5.10 Å². The third kappa shape index (κ3) is 1.63. The van der Waals surface area contributed by atoms with Crippen LogP contribution in [0.15, 0.2) is 30.5 Å². The largest absolute Gasteiger partial charge is 0.496 e. The lowest BCUT2D eigenvalue weighted by molar-refractivity contribution is 0.103. The van der Waals surface area contributed by atoms with Crippen LogP contribution in [-0.2, 0) is 0 Å². The van der Waals surface area contributed by atoms with Crippen molar-refractivity contribution in [1.29, 1.82) is 0 Å². The molecule has 0 amide bonds. The molecule has 0 spiro atoms. The predicted octanol–water partition coefficient (Wildman–Crippen LogP) is 1.23. The molecule has 0 radical (unpaired) electrons. The molecule has 1 aromatic heterocycles. The number of nitrogens with two attached hydrogens (primary N) is 1. The number of hydrogen-bond acceptors (Lipinski definition) is 4. The van der Waals surface area contributed by atoms with E-state index >= 15 is 0 Å². The summed E-state index contributed by atoms with van der Waals surface area (Å²) < 4.78 is 5.11. The minimum absolute atomic E-state index is 0.205. The second-order valence-electron chi connectivity index (χ2n) is 3.23. The number of ether oxygens (including phenoxy) is 1. The zero-order chi connectivity index (χ0) is 11.5. The summed E-state index contributed by atoms with van der Waals surface area (Å²) in [5, 5.41) is 6.24. The summed E-state index contributed by atoms with van der Waals surface area (Å²) in [7, 11) is 1.52. The summed E-state index contributed by atoms with van der Waals surface area (Å²) in [5.41, 5.74) is 6.41. The van der Waals surface area contributed by atoms with Gasteiger partial charge >= 0.3 is 0 Å². The quantitative estimate of drug-likeness (QED) is 0.758. The third-order valence-corrected chi connectivity index (χ3v) is 2.27. The van der Waals surface area contributed by atoms with Crippen LogP contribution in [-0.4, -0.2) is 23.1 Å². The van der Waals surface area contributed by atoms with Gasteiger partial charge in [0.2, 0.25) is 5.78 Å². The third-order valence-electron chi connectivity index (χ3n) is 2.27. The average molecular weight is 217 g/mol. The van der Waals surface area contributed by atoms with Crippen molar-refractivity contribution < 1.29 is 9.53 Å². The molecule has 0 aliphatic rings. The molecule has 16 heavy (non-hydrogen) atoms. The summed E-state index contributed by atoms with van der Waals surface area (Å²) in [6.07, 6.45) is 1.41. The molecule has 1 heterocycles. The number of nitrogens with zero attached hydrogens (tertiary/aromatic N) is 1. The van der Waals surface area contributed by atoms with Crippen molar-refractivity contribution in [1.82, 2.24) is 10.2 Å². The number of para-hydroxylation sites is 1. The number of anilines is 1. The van der Waals surface area contributed by atoms with Crippen LogP contribution >= 0.6 is 0 Å². The Morgan fingerprint density at radius 1 is 1.38 bits per heavy atom. The highest BCUT2D eigenvalue weighted by molar-refractivity contribution is 6.13. The van der Waals surface area contributed by atoms with Gasteiger partial charge in [0.05, 0.1) is 24.4 Å². The average Bonchev–Trinajstić information content (AvgIpc) is 2.74. The molecule has 0 unspecified atom stereocenters. The highest BCUT2D eigenvalue weighted by atomic mass is 16.5. The van der Waals surface area contributed by atoms with Crippen LogP contribution in [0.3, 0.4) is 0 Å². The maximum atomic E-state index is 12.1. The van der Waals surface area contributed by atoms with Crippen LogP contribution in [0.5, 0.6) is 5.75 Å². The van der Waals surface area contributed by atoms with Crippen molar-refractivity contribution >= 4 is 11.6 Å². The minimum atomic E-state index is -0.205. The number of benzene rings is 1. The van der Waals surface area contributed by atoms with Gasteiger partial charge in [-0.25, -0.2) is 0 Å². The smallest absolute Gasteiger partial charge is 0.202 e. The first-order valence-electron chi connectivity index (χ1n) is 4.70. The number of hydrogen-bond donors (Lipinski definition) is 2. The molecule has 82 valence electrons. The Morgan fingerprint density at radius 2 is 2.12 bits per heavy atom. The van der Waals surface area contributed by atoms with Gasteiger partial charge < -0.3 is 10.5 Å². The molecular formula is C11H11N3O2. The number of rotatable bonds is 3. The molecule has 3 N–H and O–H groups in total. The number of carbonyl (C=O) groups excluding carboxylic acids is 1. The molecule has 0 atom stereocenters. The van der Waals surface area contributed by atoms with E-state index in [1.165, 1.54) is 13.3 Å². The van der Waals surface area contributed by atoms with Crippen molar-refractivity contribution in [2.24, 2.45) is 0 Å². The predicted molar refractivity (Wildman–Crippen MR) is 59.4 cm³/mol. The van der Waals surface area contributed by atoms with Crippen LogP contribution in [0.4, 0.5) is 5.82 Å². The molecule has 2 aromatic rings. The van der Waals surface area contributed by atoms with Gasteiger partial charge in [-0.3, -0.25) is 9.89 Å². The fourth-order valence-electron chi connectivity index (χ4n) is 1.45. The number of methoxy groups -OCH3 is 1. The van der Waals surface area contributed by atoms with E-state index < -0.39 is 0 Å². The number of carbonyl (C=O) groups is 1. The molecule has 0 saturated carbocycles. The van der Waals surface area contributed by atoms with Crippen molar-refractivity contribution in [3.8, 4) is 5.75 Å². The number of H-pyrrole nitrogens is 1. The van der Waals surface area contributed by atoms with E-state index in [0.717, 1.165) is 0 Å². The summed E-state index contributed by atoms with van der Waals surface area (Å²) in [6.45, 7) is 0. The Hall–Kier alpha value is -2.30. The van der Waals surface area contributed by atoms with Gasteiger partial charge in [-0.1, -0.05) is 12.1 Å². The zero-order valence-electron chi connectivity index (χ0n) is 8.73. The number of aromatic amines is 1. The normalized spacial score (nSPS) is 10.1. The van der Waals surface area contributed by atoms with E-state index in [-0.39, 0.29) is 11.6 Å². The Bertz CT molecular complexity index is 519. The Morgan fingerprint density at radius 3 is 2.75 bits per heavy atom. The molecule has 0 saturated heterocycles. The maximum Gasteiger partial charge on any atom is 0.202 e. The maximum absolute atomic E-state index is 12.1. The highest BCUT2D eigenvalue weighted by Crippen LogP contribution is 2.22. The summed E-state index contributed by atoms with van der Waals surface area (Å²) in [6, 6.07) is 6.98. The lowest BCUT2D eigenvalue weighted by atomic mass is 10.0. The van der Waals surface area contributed by atoms with Gasteiger partial charge in [-0.15, -0.1) is 0 Å². The molecule has 5 nitrogen and oxygen atoms in total. The van der Waals surface area contributed by atoms with E-state index in [2.05, 4.69) is 10.2 Å². The highest BCUT2D eigenvalue weighted by Gasteiger charge is 2.17. The first-order valence-corrected chi connectivity index (χ1v) is 4.70.